The van der Waals surface area contributed by atoms with Crippen LogP contribution in [0.15, 0.2) is 170 Å². The molecule has 13 rings (SSSR count). The fourth-order valence-electron chi connectivity index (χ4n) is 9.86. The summed E-state index contributed by atoms with van der Waals surface area (Å²) in [6.45, 7) is 3.16. The molecule has 6 aliphatic rings. The predicted octanol–water partition coefficient (Wildman–Crippen LogP) is 11.2. The first-order valence-corrected chi connectivity index (χ1v) is 20.1. The third kappa shape index (κ3) is 7.43. The van der Waals surface area contributed by atoms with Gasteiger partial charge in [0.1, 0.15) is 0 Å². The Bertz CT molecular complexity index is 2500. The average molecular weight is 779 g/mol. The van der Waals surface area contributed by atoms with Gasteiger partial charge in [0.2, 0.25) is 0 Å². The lowest BCUT2D eigenvalue weighted by atomic mass is 9.59. The molecule has 7 aromatic carbocycles. The summed E-state index contributed by atoms with van der Waals surface area (Å²) in [4.78, 5) is 33.6. The van der Waals surface area contributed by atoms with Gasteiger partial charge >= 0.3 is 17.9 Å². The number of benzene rings is 7. The highest BCUT2D eigenvalue weighted by Gasteiger charge is 2.47. The normalized spacial score (nSPS) is 20.6. The van der Waals surface area contributed by atoms with E-state index in [0.717, 1.165) is 18.9 Å². The average Bonchev–Trinajstić information content (AvgIpc) is 3.30. The summed E-state index contributed by atoms with van der Waals surface area (Å²) in [5.74, 6) is -0.715. The maximum atomic E-state index is 12.2. The van der Waals surface area contributed by atoms with Crippen LogP contribution in [0.2, 0.25) is 0 Å². The zero-order valence-corrected chi connectivity index (χ0v) is 33.2. The van der Waals surface area contributed by atoms with Crippen LogP contribution in [0.1, 0.15) is 81.0 Å². The maximum absolute atomic E-state index is 12.2. The topological polar surface area (TPSA) is 89.9 Å². The Morgan fingerprint density at radius 3 is 1.08 bits per heavy atom. The molecule has 2 unspecified atom stereocenters. The van der Waals surface area contributed by atoms with E-state index in [2.05, 4.69) is 157 Å². The van der Waals surface area contributed by atoms with Crippen molar-refractivity contribution < 1.29 is 29.0 Å². The second-order valence-electron chi connectivity index (χ2n) is 15.4. The molecular formula is C53H46O6. The number of carbonyl (C=O) groups excluding carboxylic acids is 2. The van der Waals surface area contributed by atoms with Gasteiger partial charge in [-0.05, 0) is 91.0 Å². The molecule has 7 aromatic rings. The summed E-state index contributed by atoms with van der Waals surface area (Å²) >= 11 is 0. The minimum absolute atomic E-state index is 0.0231. The first-order valence-electron chi connectivity index (χ1n) is 20.1. The van der Waals surface area contributed by atoms with Crippen LogP contribution in [-0.2, 0) is 23.9 Å². The quantitative estimate of drug-likeness (QED) is 0.109. The van der Waals surface area contributed by atoms with Crippen molar-refractivity contribution in [3.63, 3.8) is 0 Å². The number of rotatable bonds is 3. The molecule has 0 saturated heterocycles. The van der Waals surface area contributed by atoms with Crippen molar-refractivity contribution in [3.8, 4) is 0 Å². The lowest BCUT2D eigenvalue weighted by molar-refractivity contribution is -0.147. The van der Waals surface area contributed by atoms with Gasteiger partial charge in [0.05, 0.1) is 26.1 Å². The van der Waals surface area contributed by atoms with Gasteiger partial charge in [-0.2, -0.15) is 0 Å². The highest BCUT2D eigenvalue weighted by Crippen LogP contribution is 2.56. The molecule has 0 saturated carbocycles. The smallest absolute Gasteiger partial charge is 0.329 e. The molecule has 0 spiro atoms. The van der Waals surface area contributed by atoms with Crippen molar-refractivity contribution in [1.82, 2.24) is 0 Å². The first kappa shape index (κ1) is 39.1. The lowest BCUT2D eigenvalue weighted by Crippen LogP contribution is -2.36. The molecule has 0 heterocycles. The highest BCUT2D eigenvalue weighted by molar-refractivity contribution is 5.98. The van der Waals surface area contributed by atoms with Crippen LogP contribution < -0.4 is 0 Å². The van der Waals surface area contributed by atoms with E-state index >= 15 is 0 Å². The number of hydrogen-bond acceptors (Lipinski definition) is 5. The van der Waals surface area contributed by atoms with E-state index < -0.39 is 11.9 Å². The van der Waals surface area contributed by atoms with E-state index in [1.54, 1.807) is 0 Å². The van der Waals surface area contributed by atoms with E-state index in [0.29, 0.717) is 5.92 Å². The van der Waals surface area contributed by atoms with Crippen molar-refractivity contribution in [2.45, 2.75) is 36.5 Å². The molecule has 0 fully saturated rings. The van der Waals surface area contributed by atoms with Crippen LogP contribution in [0, 0.1) is 11.8 Å². The van der Waals surface area contributed by atoms with Crippen LogP contribution in [0.5, 0.6) is 0 Å². The van der Waals surface area contributed by atoms with Crippen molar-refractivity contribution in [2.75, 3.05) is 14.2 Å². The molecule has 4 bridgehead atoms. The summed E-state index contributed by atoms with van der Waals surface area (Å²) in [5, 5.41) is 14.8. The van der Waals surface area contributed by atoms with Crippen LogP contribution >= 0.6 is 0 Å². The second kappa shape index (κ2) is 17.0. The first-order chi connectivity index (χ1) is 28.8. The van der Waals surface area contributed by atoms with Gasteiger partial charge in [-0.3, -0.25) is 9.59 Å². The highest BCUT2D eigenvalue weighted by atomic mass is 16.5. The largest absolute Gasteiger partial charge is 0.481 e. The van der Waals surface area contributed by atoms with Crippen LogP contribution in [0.4, 0.5) is 0 Å². The Labute approximate surface area is 344 Å². The number of esters is 2. The zero-order chi connectivity index (χ0) is 41.0. The van der Waals surface area contributed by atoms with Crippen LogP contribution in [-0.4, -0.2) is 37.2 Å². The molecular weight excluding hydrogens is 733 g/mol. The molecule has 294 valence electrons. The van der Waals surface area contributed by atoms with E-state index in [4.69, 9.17) is 4.74 Å². The molecule has 59 heavy (non-hydrogen) atoms. The summed E-state index contributed by atoms with van der Waals surface area (Å²) < 4.78 is 9.18. The number of aliphatic carboxylic acids is 1. The van der Waals surface area contributed by atoms with Crippen LogP contribution in [0.3, 0.4) is 0 Å². The Morgan fingerprint density at radius 1 is 0.492 bits per heavy atom. The molecule has 0 aromatic heterocycles. The molecule has 0 radical (unpaired) electrons. The number of fused-ring (bicyclic) bond motifs is 4. The monoisotopic (exact) mass is 778 g/mol. The van der Waals surface area contributed by atoms with Gasteiger partial charge in [-0.1, -0.05) is 152 Å². The molecule has 2 atom stereocenters. The van der Waals surface area contributed by atoms with Gasteiger partial charge in [-0.25, -0.2) is 4.79 Å². The Hall–Kier alpha value is -6.79. The van der Waals surface area contributed by atoms with Crippen molar-refractivity contribution >= 4 is 39.5 Å². The summed E-state index contributed by atoms with van der Waals surface area (Å²) in [5.41, 5.74) is 10.4. The molecule has 1 N–H and O–H groups in total. The van der Waals surface area contributed by atoms with Gasteiger partial charge < -0.3 is 14.6 Å². The number of carboxylic acid groups (broad SMARTS) is 1. The molecule has 0 aliphatic heterocycles. The van der Waals surface area contributed by atoms with E-state index in [1.165, 1.54) is 80.3 Å². The second-order valence-corrected chi connectivity index (χ2v) is 15.4. The molecule has 0 amide bonds. The third-order valence-corrected chi connectivity index (χ3v) is 12.4. The maximum Gasteiger partial charge on any atom is 0.329 e. The van der Waals surface area contributed by atoms with E-state index in [9.17, 15) is 19.5 Å². The fraction of sp³-hybridized carbons (Fsp3) is 0.189. The Morgan fingerprint density at radius 2 is 0.797 bits per heavy atom. The van der Waals surface area contributed by atoms with Crippen LogP contribution in [0.25, 0.3) is 21.5 Å². The minimum atomic E-state index is -0.668. The number of carbonyl (C=O) groups is 3. The predicted molar refractivity (Wildman–Crippen MR) is 233 cm³/mol. The Kier molecular flexibility index (Phi) is 11.2. The van der Waals surface area contributed by atoms with E-state index in [-0.39, 0.29) is 35.6 Å². The van der Waals surface area contributed by atoms with E-state index in [1.807, 2.05) is 12.1 Å². The molecule has 6 aliphatic carbocycles. The number of hydrogen-bond donors (Lipinski definition) is 1. The number of carboxylic acids is 1. The van der Waals surface area contributed by atoms with Gasteiger partial charge in [0.15, 0.2) is 0 Å². The Balaban J connectivity index is 0.000000117. The van der Waals surface area contributed by atoms with Crippen molar-refractivity contribution in [2.24, 2.45) is 11.8 Å². The van der Waals surface area contributed by atoms with Gasteiger partial charge in [-0.15, -0.1) is 0 Å². The van der Waals surface area contributed by atoms with Gasteiger partial charge in [0, 0.05) is 29.7 Å². The standard InChI is InChI=1S/C18H16O2.C17H14O2.C14H10.C4H6O2/c1-20-18(19)16-10-15-11-6-2-4-8-13(11)17(16)14-9-5-3-7-12(14)15;18-17(19)15-9-14-10-5-1-3-7-12(10)16(15)13-8-4-2-6-11(13)14;1-2-6-12-10-14-8-4-3-7-13(14)9-11(12)5-1;1-3-4(5)6-2/h2-9,15-17H,10H2,1H3;1-8,14-16H,9H2,(H,18,19);1-10H;3H,1H2,2H3. The summed E-state index contributed by atoms with van der Waals surface area (Å²) in [6.07, 6.45) is 2.71. The minimum Gasteiger partial charge on any atom is -0.481 e. The van der Waals surface area contributed by atoms with Crippen molar-refractivity contribution in [1.29, 1.82) is 0 Å². The zero-order valence-electron chi connectivity index (χ0n) is 33.2. The van der Waals surface area contributed by atoms with Crippen molar-refractivity contribution in [3.05, 3.63) is 215 Å². The summed E-state index contributed by atoms with van der Waals surface area (Å²) in [6, 6.07) is 55.1. The SMILES string of the molecule is C=CC(=O)OC.COC(=O)C1CC2c3ccccc3C1c1ccccc12.O=C(O)C1CC2c3ccccc3C1c1ccccc12.c1ccc2cc3ccccc3cc2c1. The molecule has 6 heteroatoms. The molecule has 6 nitrogen and oxygen atoms in total. The fourth-order valence-corrected chi connectivity index (χ4v) is 9.86. The number of ether oxygens (including phenoxy) is 2. The summed E-state index contributed by atoms with van der Waals surface area (Å²) in [7, 11) is 2.80. The third-order valence-electron chi connectivity index (χ3n) is 12.4. The lowest BCUT2D eigenvalue weighted by Gasteiger charge is -2.44. The van der Waals surface area contributed by atoms with Gasteiger partial charge in [0.25, 0.3) is 0 Å². The number of methoxy groups -OCH3 is 2.